The van der Waals surface area contributed by atoms with Crippen molar-refractivity contribution >= 4 is 11.6 Å². The third-order valence-corrected chi connectivity index (χ3v) is 3.83. The molecule has 0 aromatic carbocycles. The second kappa shape index (κ2) is 5.67. The highest BCUT2D eigenvalue weighted by Gasteiger charge is 2.19. The van der Waals surface area contributed by atoms with Gasteiger partial charge in [0.05, 0.1) is 5.88 Å². The minimum absolute atomic E-state index is 0.455. The van der Waals surface area contributed by atoms with E-state index in [1.165, 1.54) is 44.9 Å². The summed E-state index contributed by atoms with van der Waals surface area (Å²) in [7, 11) is 2.03. The first kappa shape index (κ1) is 11.9. The first-order chi connectivity index (χ1) is 7.83. The molecule has 0 unspecified atom stereocenters. The summed E-state index contributed by atoms with van der Waals surface area (Å²) < 4.78 is 2.08. The summed E-state index contributed by atoms with van der Waals surface area (Å²) in [5.41, 5.74) is 0. The molecule has 0 aliphatic heterocycles. The van der Waals surface area contributed by atoms with Crippen molar-refractivity contribution in [3.05, 3.63) is 11.6 Å². The Balaban J connectivity index is 2.11. The van der Waals surface area contributed by atoms with Gasteiger partial charge >= 0.3 is 0 Å². The summed E-state index contributed by atoms with van der Waals surface area (Å²) in [5, 5.41) is 8.46. The van der Waals surface area contributed by atoms with Crippen LogP contribution in [0.4, 0.5) is 0 Å². The molecular formula is C12H20ClN3. The van der Waals surface area contributed by atoms with Crippen molar-refractivity contribution < 1.29 is 0 Å². The first-order valence-electron chi connectivity index (χ1n) is 6.27. The van der Waals surface area contributed by atoms with Crippen LogP contribution in [0.1, 0.15) is 62.5 Å². The number of halogens is 1. The summed E-state index contributed by atoms with van der Waals surface area (Å²) in [4.78, 5) is 0. The van der Waals surface area contributed by atoms with Crippen LogP contribution in [-0.4, -0.2) is 14.8 Å². The molecule has 3 nitrogen and oxygen atoms in total. The molecule has 16 heavy (non-hydrogen) atoms. The van der Waals surface area contributed by atoms with E-state index >= 15 is 0 Å². The third kappa shape index (κ3) is 2.57. The lowest BCUT2D eigenvalue weighted by atomic mass is 9.90. The van der Waals surface area contributed by atoms with Crippen molar-refractivity contribution in [1.29, 1.82) is 0 Å². The molecule has 1 heterocycles. The third-order valence-electron chi connectivity index (χ3n) is 3.59. The fourth-order valence-corrected chi connectivity index (χ4v) is 2.79. The smallest absolute Gasteiger partial charge is 0.147 e. The SMILES string of the molecule is Cn1c(CCl)nnc1C1CCCCCCC1. The van der Waals surface area contributed by atoms with Crippen LogP contribution in [0.2, 0.25) is 0 Å². The zero-order valence-electron chi connectivity index (χ0n) is 9.95. The van der Waals surface area contributed by atoms with Crippen LogP contribution in [0.25, 0.3) is 0 Å². The van der Waals surface area contributed by atoms with Crippen LogP contribution in [0.5, 0.6) is 0 Å². The zero-order chi connectivity index (χ0) is 11.4. The van der Waals surface area contributed by atoms with Crippen LogP contribution >= 0.6 is 11.6 Å². The van der Waals surface area contributed by atoms with Crippen molar-refractivity contribution in [1.82, 2.24) is 14.8 Å². The van der Waals surface area contributed by atoms with E-state index in [9.17, 15) is 0 Å². The Morgan fingerprint density at radius 3 is 2.31 bits per heavy atom. The second-order valence-corrected chi connectivity index (χ2v) is 4.98. The molecule has 1 aromatic heterocycles. The first-order valence-corrected chi connectivity index (χ1v) is 6.80. The minimum atomic E-state index is 0.455. The van der Waals surface area contributed by atoms with Gasteiger partial charge in [-0.2, -0.15) is 0 Å². The van der Waals surface area contributed by atoms with E-state index in [0.29, 0.717) is 11.8 Å². The lowest BCUT2D eigenvalue weighted by Gasteiger charge is -2.18. The van der Waals surface area contributed by atoms with E-state index in [0.717, 1.165) is 11.6 Å². The molecule has 0 saturated heterocycles. The average molecular weight is 242 g/mol. The van der Waals surface area contributed by atoms with Crippen molar-refractivity contribution in [2.45, 2.75) is 56.7 Å². The monoisotopic (exact) mass is 241 g/mol. The molecule has 0 atom stereocenters. The summed E-state index contributed by atoms with van der Waals surface area (Å²) in [6.45, 7) is 0. The molecule has 0 amide bonds. The molecule has 1 aliphatic carbocycles. The zero-order valence-corrected chi connectivity index (χ0v) is 10.7. The predicted octanol–water partition coefficient (Wildman–Crippen LogP) is 3.38. The Bertz CT molecular complexity index is 327. The number of rotatable bonds is 2. The van der Waals surface area contributed by atoms with Gasteiger partial charge in [-0.15, -0.1) is 21.8 Å². The molecule has 4 heteroatoms. The Labute approximate surface area is 102 Å². The molecule has 1 fully saturated rings. The van der Waals surface area contributed by atoms with Gasteiger partial charge in [-0.1, -0.05) is 32.1 Å². The minimum Gasteiger partial charge on any atom is -0.317 e. The lowest BCUT2D eigenvalue weighted by Crippen LogP contribution is -2.09. The van der Waals surface area contributed by atoms with Crippen molar-refractivity contribution in [3.8, 4) is 0 Å². The lowest BCUT2D eigenvalue weighted by molar-refractivity contribution is 0.434. The largest absolute Gasteiger partial charge is 0.317 e. The van der Waals surface area contributed by atoms with Gasteiger partial charge in [-0.3, -0.25) is 0 Å². The van der Waals surface area contributed by atoms with E-state index in [1.807, 2.05) is 7.05 Å². The molecule has 2 rings (SSSR count). The Hall–Kier alpha value is -0.570. The van der Waals surface area contributed by atoms with E-state index in [-0.39, 0.29) is 0 Å². The van der Waals surface area contributed by atoms with Gasteiger partial charge in [0.2, 0.25) is 0 Å². The van der Waals surface area contributed by atoms with Crippen LogP contribution in [0.3, 0.4) is 0 Å². The Morgan fingerprint density at radius 1 is 1.12 bits per heavy atom. The quantitative estimate of drug-likeness (QED) is 0.744. The highest BCUT2D eigenvalue weighted by Crippen LogP contribution is 2.29. The molecule has 0 N–H and O–H groups in total. The number of aromatic nitrogens is 3. The van der Waals surface area contributed by atoms with Crippen LogP contribution in [0.15, 0.2) is 0 Å². The van der Waals surface area contributed by atoms with Crippen molar-refractivity contribution in [2.24, 2.45) is 7.05 Å². The molecular weight excluding hydrogens is 222 g/mol. The van der Waals surface area contributed by atoms with E-state index < -0.39 is 0 Å². The maximum atomic E-state index is 5.82. The van der Waals surface area contributed by atoms with Gasteiger partial charge in [0.1, 0.15) is 11.6 Å². The van der Waals surface area contributed by atoms with Crippen LogP contribution in [-0.2, 0) is 12.9 Å². The Kier molecular flexibility index (Phi) is 4.22. The summed E-state index contributed by atoms with van der Waals surface area (Å²) >= 11 is 5.82. The number of hydrogen-bond acceptors (Lipinski definition) is 2. The van der Waals surface area contributed by atoms with Gasteiger partial charge in [-0.05, 0) is 12.8 Å². The number of alkyl halides is 1. The van der Waals surface area contributed by atoms with Crippen LogP contribution < -0.4 is 0 Å². The van der Waals surface area contributed by atoms with Gasteiger partial charge in [0.25, 0.3) is 0 Å². The van der Waals surface area contributed by atoms with Gasteiger partial charge < -0.3 is 4.57 Å². The van der Waals surface area contributed by atoms with Gasteiger partial charge in [0, 0.05) is 13.0 Å². The molecule has 1 aromatic rings. The summed E-state index contributed by atoms with van der Waals surface area (Å²) in [6.07, 6.45) is 9.32. The van der Waals surface area contributed by atoms with Crippen molar-refractivity contribution in [2.75, 3.05) is 0 Å². The molecule has 1 aliphatic rings. The van der Waals surface area contributed by atoms with Crippen LogP contribution in [0, 0.1) is 0 Å². The average Bonchev–Trinajstić information content (AvgIpc) is 2.60. The highest BCUT2D eigenvalue weighted by molar-refractivity contribution is 6.16. The molecule has 0 bridgehead atoms. The molecule has 1 saturated carbocycles. The van der Waals surface area contributed by atoms with Gasteiger partial charge in [-0.25, -0.2) is 0 Å². The van der Waals surface area contributed by atoms with Gasteiger partial charge in [0.15, 0.2) is 0 Å². The molecule has 0 spiro atoms. The number of hydrogen-bond donors (Lipinski definition) is 0. The van der Waals surface area contributed by atoms with E-state index in [1.54, 1.807) is 0 Å². The maximum Gasteiger partial charge on any atom is 0.147 e. The normalized spacial score (nSPS) is 19.4. The number of nitrogens with zero attached hydrogens (tertiary/aromatic N) is 3. The topological polar surface area (TPSA) is 30.7 Å². The second-order valence-electron chi connectivity index (χ2n) is 4.71. The maximum absolute atomic E-state index is 5.82. The molecule has 0 radical (unpaired) electrons. The molecule has 90 valence electrons. The fraction of sp³-hybridized carbons (Fsp3) is 0.833. The Morgan fingerprint density at radius 2 is 1.75 bits per heavy atom. The van der Waals surface area contributed by atoms with Crippen molar-refractivity contribution in [3.63, 3.8) is 0 Å². The highest BCUT2D eigenvalue weighted by atomic mass is 35.5. The van der Waals surface area contributed by atoms with E-state index in [4.69, 9.17) is 11.6 Å². The predicted molar refractivity (Wildman–Crippen MR) is 65.6 cm³/mol. The van der Waals surface area contributed by atoms with E-state index in [2.05, 4.69) is 14.8 Å². The fourth-order valence-electron chi connectivity index (χ4n) is 2.56. The standard InChI is InChI=1S/C12H20ClN3/c1-16-11(9-13)14-15-12(16)10-7-5-3-2-4-6-8-10/h10H,2-9H2,1H3. The summed E-state index contributed by atoms with van der Waals surface area (Å²) in [5.74, 6) is 3.07. The summed E-state index contributed by atoms with van der Waals surface area (Å²) in [6, 6.07) is 0.